The molecule has 0 saturated carbocycles. The number of nitrogens with zero attached hydrogens (tertiary/aromatic N) is 1. The number of hydrogen-bond donors (Lipinski definition) is 1. The van der Waals surface area contributed by atoms with E-state index in [-0.39, 0.29) is 6.04 Å². The van der Waals surface area contributed by atoms with Crippen LogP contribution in [0.4, 0.5) is 0 Å². The molecular formula is C15H18N2O. The smallest absolute Gasteiger partial charge is 0.218 e. The number of nitrogens with two attached hydrogens (primary N) is 1. The molecule has 18 heavy (non-hydrogen) atoms. The van der Waals surface area contributed by atoms with Crippen molar-refractivity contribution in [3.05, 3.63) is 58.8 Å². The highest BCUT2D eigenvalue weighted by molar-refractivity contribution is 5.39. The number of ether oxygens (including phenoxy) is 1. The van der Waals surface area contributed by atoms with Crippen LogP contribution in [0.25, 0.3) is 0 Å². The molecule has 0 amide bonds. The molecule has 1 heterocycles. The Morgan fingerprint density at radius 3 is 2.44 bits per heavy atom. The lowest BCUT2D eigenvalue weighted by atomic mass is 9.97. The number of aromatic nitrogens is 1. The molecule has 94 valence electrons. The van der Waals surface area contributed by atoms with E-state index < -0.39 is 0 Å². The first-order valence-corrected chi connectivity index (χ1v) is 5.94. The van der Waals surface area contributed by atoms with E-state index >= 15 is 0 Å². The summed E-state index contributed by atoms with van der Waals surface area (Å²) in [7, 11) is 1.61. The van der Waals surface area contributed by atoms with Gasteiger partial charge in [0.2, 0.25) is 5.88 Å². The molecule has 1 unspecified atom stereocenters. The number of methoxy groups -OCH3 is 1. The molecule has 0 saturated heterocycles. The van der Waals surface area contributed by atoms with Crippen molar-refractivity contribution in [2.24, 2.45) is 5.73 Å². The summed E-state index contributed by atoms with van der Waals surface area (Å²) in [4.78, 5) is 4.19. The van der Waals surface area contributed by atoms with E-state index in [1.807, 2.05) is 12.1 Å². The lowest BCUT2D eigenvalue weighted by molar-refractivity contribution is 0.390. The molecule has 0 spiro atoms. The zero-order valence-electron chi connectivity index (χ0n) is 11.0. The second-order valence-corrected chi connectivity index (χ2v) is 4.50. The standard InChI is InChI=1S/C15H18N2O/c1-10-7-11(2)9-12(8-10)14(16)13-5-4-6-17-15(13)18-3/h4-9,14H,16H2,1-3H3. The quantitative estimate of drug-likeness (QED) is 0.900. The topological polar surface area (TPSA) is 48.1 Å². The first kappa shape index (κ1) is 12.6. The highest BCUT2D eigenvalue weighted by Crippen LogP contribution is 2.27. The van der Waals surface area contributed by atoms with Crippen LogP contribution < -0.4 is 10.5 Å². The molecule has 0 fully saturated rings. The molecule has 0 bridgehead atoms. The van der Waals surface area contributed by atoms with E-state index in [9.17, 15) is 0 Å². The first-order valence-electron chi connectivity index (χ1n) is 5.94. The Morgan fingerprint density at radius 2 is 1.83 bits per heavy atom. The fourth-order valence-corrected chi connectivity index (χ4v) is 2.18. The predicted molar refractivity (Wildman–Crippen MR) is 72.7 cm³/mol. The van der Waals surface area contributed by atoms with Crippen LogP contribution in [0, 0.1) is 13.8 Å². The zero-order valence-corrected chi connectivity index (χ0v) is 11.0. The molecule has 1 atom stereocenters. The average Bonchev–Trinajstić information content (AvgIpc) is 2.36. The van der Waals surface area contributed by atoms with Crippen molar-refractivity contribution in [1.82, 2.24) is 4.98 Å². The van der Waals surface area contributed by atoms with Gasteiger partial charge in [0, 0.05) is 11.8 Å². The largest absolute Gasteiger partial charge is 0.481 e. The van der Waals surface area contributed by atoms with Gasteiger partial charge in [0.1, 0.15) is 0 Å². The third-order valence-electron chi connectivity index (χ3n) is 2.93. The van der Waals surface area contributed by atoms with Gasteiger partial charge in [-0.05, 0) is 25.5 Å². The SMILES string of the molecule is COc1ncccc1C(N)c1cc(C)cc(C)c1. The third-order valence-corrected chi connectivity index (χ3v) is 2.93. The van der Waals surface area contributed by atoms with Gasteiger partial charge in [-0.1, -0.05) is 35.4 Å². The van der Waals surface area contributed by atoms with Gasteiger partial charge in [-0.15, -0.1) is 0 Å². The maximum atomic E-state index is 6.31. The van der Waals surface area contributed by atoms with E-state index in [1.165, 1.54) is 11.1 Å². The Morgan fingerprint density at radius 1 is 1.17 bits per heavy atom. The normalized spacial score (nSPS) is 12.2. The predicted octanol–water partition coefficient (Wildman–Crippen LogP) is 2.76. The van der Waals surface area contributed by atoms with Gasteiger partial charge in [-0.25, -0.2) is 4.98 Å². The van der Waals surface area contributed by atoms with Crippen molar-refractivity contribution >= 4 is 0 Å². The lowest BCUT2D eigenvalue weighted by Gasteiger charge is -2.16. The summed E-state index contributed by atoms with van der Waals surface area (Å²) in [5, 5.41) is 0. The minimum atomic E-state index is -0.216. The molecule has 2 N–H and O–H groups in total. The van der Waals surface area contributed by atoms with E-state index in [2.05, 4.69) is 37.0 Å². The molecule has 3 nitrogen and oxygen atoms in total. The van der Waals surface area contributed by atoms with E-state index in [0.29, 0.717) is 5.88 Å². The molecule has 1 aromatic carbocycles. The molecule has 2 rings (SSSR count). The van der Waals surface area contributed by atoms with E-state index in [4.69, 9.17) is 10.5 Å². The Kier molecular flexibility index (Phi) is 3.63. The van der Waals surface area contributed by atoms with Gasteiger partial charge in [0.25, 0.3) is 0 Å². The first-order chi connectivity index (χ1) is 8.61. The number of pyridine rings is 1. The monoisotopic (exact) mass is 242 g/mol. The van der Waals surface area contributed by atoms with Crippen LogP contribution in [0.1, 0.15) is 28.3 Å². The van der Waals surface area contributed by atoms with E-state index in [1.54, 1.807) is 13.3 Å². The molecule has 1 aromatic heterocycles. The molecule has 0 aliphatic carbocycles. The average molecular weight is 242 g/mol. The minimum Gasteiger partial charge on any atom is -0.481 e. The van der Waals surface area contributed by atoms with Crippen LogP contribution in [-0.2, 0) is 0 Å². The summed E-state index contributed by atoms with van der Waals surface area (Å²) in [5.74, 6) is 0.587. The summed E-state index contributed by atoms with van der Waals surface area (Å²) in [6.45, 7) is 4.15. The summed E-state index contributed by atoms with van der Waals surface area (Å²) in [6, 6.07) is 9.95. The zero-order chi connectivity index (χ0) is 13.1. The van der Waals surface area contributed by atoms with Crippen LogP contribution in [0.15, 0.2) is 36.5 Å². The molecule has 0 radical (unpaired) electrons. The fraction of sp³-hybridized carbons (Fsp3) is 0.267. The second-order valence-electron chi connectivity index (χ2n) is 4.50. The highest BCUT2D eigenvalue weighted by Gasteiger charge is 2.15. The Bertz CT molecular complexity index is 532. The van der Waals surface area contributed by atoms with Crippen molar-refractivity contribution in [2.75, 3.05) is 7.11 Å². The third kappa shape index (κ3) is 2.51. The number of aryl methyl sites for hydroxylation is 2. The van der Waals surface area contributed by atoms with Crippen molar-refractivity contribution in [3.8, 4) is 5.88 Å². The number of hydrogen-bond acceptors (Lipinski definition) is 3. The minimum absolute atomic E-state index is 0.216. The lowest BCUT2D eigenvalue weighted by Crippen LogP contribution is -2.14. The molecule has 0 aliphatic rings. The summed E-state index contributed by atoms with van der Waals surface area (Å²) in [5.41, 5.74) is 10.7. The van der Waals surface area contributed by atoms with Crippen molar-refractivity contribution in [2.45, 2.75) is 19.9 Å². The Labute approximate surface area is 108 Å². The molecule has 2 aromatic rings. The maximum absolute atomic E-state index is 6.31. The fourth-order valence-electron chi connectivity index (χ4n) is 2.18. The van der Waals surface area contributed by atoms with Crippen LogP contribution in [0.5, 0.6) is 5.88 Å². The van der Waals surface area contributed by atoms with Crippen molar-refractivity contribution < 1.29 is 4.74 Å². The van der Waals surface area contributed by atoms with Crippen LogP contribution in [-0.4, -0.2) is 12.1 Å². The van der Waals surface area contributed by atoms with Gasteiger partial charge in [0.15, 0.2) is 0 Å². The van der Waals surface area contributed by atoms with Crippen LogP contribution in [0.2, 0.25) is 0 Å². The van der Waals surface area contributed by atoms with E-state index in [0.717, 1.165) is 11.1 Å². The second kappa shape index (κ2) is 5.19. The molecule has 0 aliphatic heterocycles. The van der Waals surface area contributed by atoms with Gasteiger partial charge in [-0.2, -0.15) is 0 Å². The van der Waals surface area contributed by atoms with Gasteiger partial charge in [-0.3, -0.25) is 0 Å². The summed E-state index contributed by atoms with van der Waals surface area (Å²) < 4.78 is 5.26. The summed E-state index contributed by atoms with van der Waals surface area (Å²) in [6.07, 6.45) is 1.70. The molecule has 3 heteroatoms. The summed E-state index contributed by atoms with van der Waals surface area (Å²) >= 11 is 0. The van der Waals surface area contributed by atoms with Gasteiger partial charge in [0.05, 0.1) is 13.2 Å². The van der Waals surface area contributed by atoms with Gasteiger partial charge >= 0.3 is 0 Å². The van der Waals surface area contributed by atoms with Crippen molar-refractivity contribution in [1.29, 1.82) is 0 Å². The Balaban J connectivity index is 2.44. The maximum Gasteiger partial charge on any atom is 0.218 e. The molecular weight excluding hydrogens is 224 g/mol. The number of benzene rings is 1. The number of rotatable bonds is 3. The Hall–Kier alpha value is -1.87. The van der Waals surface area contributed by atoms with Crippen molar-refractivity contribution in [3.63, 3.8) is 0 Å². The van der Waals surface area contributed by atoms with Gasteiger partial charge < -0.3 is 10.5 Å². The van der Waals surface area contributed by atoms with Crippen LogP contribution >= 0.6 is 0 Å². The highest BCUT2D eigenvalue weighted by atomic mass is 16.5. The van der Waals surface area contributed by atoms with Crippen LogP contribution in [0.3, 0.4) is 0 Å².